The Labute approximate surface area is 54.9 Å². The third kappa shape index (κ3) is 1.92. The lowest BCUT2D eigenvalue weighted by molar-refractivity contribution is 0.280. The van der Waals surface area contributed by atoms with Crippen LogP contribution in [-0.2, 0) is 0 Å². The Kier molecular flexibility index (Phi) is 2.37. The first-order valence-electron chi connectivity index (χ1n) is 3.20. The van der Waals surface area contributed by atoms with E-state index < -0.39 is 0 Å². The fraction of sp³-hybridized carbons (Fsp3) is 0.571. The minimum atomic E-state index is 0.000278. The first-order chi connectivity index (χ1) is 4.43. The van der Waals surface area contributed by atoms with E-state index in [0.717, 1.165) is 0 Å². The smallest absolute Gasteiger partial charge is 0.113 e. The molecule has 0 aromatic heterocycles. The molecule has 0 atom stereocenters. The lowest BCUT2D eigenvalue weighted by Gasteiger charge is -2.11. The fourth-order valence-electron chi connectivity index (χ4n) is 0.697. The number of nitrogens with one attached hydrogen (secondary N) is 1. The molecule has 2 nitrogen and oxygen atoms in total. The van der Waals surface area contributed by atoms with E-state index in [0.29, 0.717) is 0 Å². The van der Waals surface area contributed by atoms with Crippen molar-refractivity contribution < 1.29 is 5.11 Å². The Hall–Kier alpha value is -0.720. The van der Waals surface area contributed by atoms with Crippen molar-refractivity contribution in [1.82, 2.24) is 5.32 Å². The van der Waals surface area contributed by atoms with Crippen LogP contribution in [0.25, 0.3) is 0 Å². The van der Waals surface area contributed by atoms with Gasteiger partial charge in [0.1, 0.15) is 6.73 Å². The summed E-state index contributed by atoms with van der Waals surface area (Å²) in [7, 11) is 0. The number of aliphatic hydroxyl groups excluding tert-OH is 1. The summed E-state index contributed by atoms with van der Waals surface area (Å²) in [6.07, 6.45) is 5.34. The van der Waals surface area contributed by atoms with E-state index in [2.05, 4.69) is 11.0 Å². The third-order valence-electron chi connectivity index (χ3n) is 1.43. The van der Waals surface area contributed by atoms with Gasteiger partial charge >= 0.3 is 0 Å². The van der Waals surface area contributed by atoms with Crippen LogP contribution < -0.4 is 5.32 Å². The van der Waals surface area contributed by atoms with E-state index >= 15 is 0 Å². The van der Waals surface area contributed by atoms with Crippen LogP contribution in [0.3, 0.4) is 0 Å². The third-order valence-corrected chi connectivity index (χ3v) is 1.43. The van der Waals surface area contributed by atoms with Crippen LogP contribution in [0, 0.1) is 0 Å². The van der Waals surface area contributed by atoms with Gasteiger partial charge < -0.3 is 10.4 Å². The quantitative estimate of drug-likeness (QED) is 0.421. The van der Waals surface area contributed by atoms with Crippen LogP contribution >= 0.6 is 0 Å². The maximum atomic E-state index is 8.28. The van der Waals surface area contributed by atoms with Crippen LogP contribution in [0.5, 0.6) is 0 Å². The van der Waals surface area contributed by atoms with Crippen LogP contribution in [-0.4, -0.2) is 11.8 Å². The molecule has 2 N–H and O–H groups in total. The second kappa shape index (κ2) is 3.33. The molecular formula is C7H11NO. The van der Waals surface area contributed by atoms with Gasteiger partial charge in [0, 0.05) is 6.20 Å². The largest absolute Gasteiger partial charge is 0.377 e. The van der Waals surface area contributed by atoms with Crippen molar-refractivity contribution in [3.8, 4) is 0 Å². The van der Waals surface area contributed by atoms with Crippen LogP contribution in [0.1, 0.15) is 19.3 Å². The predicted octanol–water partition coefficient (Wildman–Crippen LogP) is 0.749. The van der Waals surface area contributed by atoms with Crippen molar-refractivity contribution in [1.29, 1.82) is 0 Å². The molecule has 1 fully saturated rings. The van der Waals surface area contributed by atoms with Crippen molar-refractivity contribution in [2.45, 2.75) is 19.3 Å². The Balaban J connectivity index is 2.26. The van der Waals surface area contributed by atoms with Gasteiger partial charge in [-0.25, -0.2) is 0 Å². The van der Waals surface area contributed by atoms with Gasteiger partial charge in [-0.15, -0.1) is 5.73 Å². The van der Waals surface area contributed by atoms with Crippen LogP contribution in [0.4, 0.5) is 0 Å². The maximum Gasteiger partial charge on any atom is 0.113 e. The van der Waals surface area contributed by atoms with Gasteiger partial charge in [-0.3, -0.25) is 0 Å². The Morgan fingerprint density at radius 1 is 1.67 bits per heavy atom. The normalized spacial score (nSPS) is 15.9. The highest BCUT2D eigenvalue weighted by atomic mass is 16.3. The molecule has 1 rings (SSSR count). The van der Waals surface area contributed by atoms with Crippen molar-refractivity contribution in [3.05, 3.63) is 17.5 Å². The number of hydrogen-bond donors (Lipinski definition) is 2. The molecule has 0 heterocycles. The van der Waals surface area contributed by atoms with Crippen molar-refractivity contribution in [3.63, 3.8) is 0 Å². The number of aliphatic hydroxyl groups is 1. The molecule has 0 aromatic carbocycles. The summed E-state index contributed by atoms with van der Waals surface area (Å²) in [5, 5.41) is 10.9. The Morgan fingerprint density at radius 2 is 2.44 bits per heavy atom. The summed E-state index contributed by atoms with van der Waals surface area (Å²) in [6.45, 7) is 0.000278. The van der Waals surface area contributed by atoms with Gasteiger partial charge in [-0.05, 0) is 24.8 Å². The lowest BCUT2D eigenvalue weighted by atomic mass is 9.94. The summed E-state index contributed by atoms with van der Waals surface area (Å²) in [4.78, 5) is 0. The average molecular weight is 125 g/mol. The molecule has 0 aliphatic heterocycles. The van der Waals surface area contributed by atoms with Gasteiger partial charge in [0.15, 0.2) is 0 Å². The van der Waals surface area contributed by atoms with E-state index in [-0.39, 0.29) is 6.73 Å². The molecule has 1 aliphatic rings. The minimum Gasteiger partial charge on any atom is -0.377 e. The molecule has 0 amide bonds. The molecule has 50 valence electrons. The second-order valence-electron chi connectivity index (χ2n) is 2.11. The molecule has 0 spiro atoms. The summed E-state index contributed by atoms with van der Waals surface area (Å²) in [6, 6.07) is 0. The highest BCUT2D eigenvalue weighted by molar-refractivity contribution is 5.08. The van der Waals surface area contributed by atoms with Crippen LogP contribution in [0.15, 0.2) is 17.5 Å². The molecule has 1 aliphatic carbocycles. The first-order valence-corrected chi connectivity index (χ1v) is 3.20. The molecule has 0 radical (unpaired) electrons. The summed E-state index contributed by atoms with van der Waals surface area (Å²) in [5.74, 6) is 0. The zero-order valence-corrected chi connectivity index (χ0v) is 5.35. The van der Waals surface area contributed by atoms with E-state index in [1.807, 2.05) is 0 Å². The topological polar surface area (TPSA) is 32.3 Å². The number of hydrogen-bond acceptors (Lipinski definition) is 2. The van der Waals surface area contributed by atoms with Crippen molar-refractivity contribution in [2.75, 3.05) is 6.73 Å². The SMILES string of the molecule is OCNC=C=C1CCC1. The lowest BCUT2D eigenvalue weighted by Crippen LogP contribution is -2.04. The van der Waals surface area contributed by atoms with E-state index in [1.54, 1.807) is 6.20 Å². The van der Waals surface area contributed by atoms with Crippen LogP contribution in [0.2, 0.25) is 0 Å². The molecule has 9 heavy (non-hydrogen) atoms. The summed E-state index contributed by atoms with van der Waals surface area (Å²) < 4.78 is 0. The van der Waals surface area contributed by atoms with E-state index in [4.69, 9.17) is 5.11 Å². The molecule has 0 unspecified atom stereocenters. The number of rotatable bonds is 2. The van der Waals surface area contributed by atoms with Gasteiger partial charge in [0.25, 0.3) is 0 Å². The fourth-order valence-corrected chi connectivity index (χ4v) is 0.697. The summed E-state index contributed by atoms with van der Waals surface area (Å²) >= 11 is 0. The van der Waals surface area contributed by atoms with Crippen molar-refractivity contribution >= 4 is 0 Å². The zero-order chi connectivity index (χ0) is 6.53. The molecule has 1 saturated carbocycles. The first kappa shape index (κ1) is 6.40. The molecular weight excluding hydrogens is 114 g/mol. The molecule has 0 saturated heterocycles. The average Bonchev–Trinajstić information content (AvgIpc) is 1.76. The van der Waals surface area contributed by atoms with Crippen molar-refractivity contribution in [2.24, 2.45) is 0 Å². The van der Waals surface area contributed by atoms with Gasteiger partial charge in [-0.2, -0.15) is 0 Å². The van der Waals surface area contributed by atoms with Gasteiger partial charge in [0.2, 0.25) is 0 Å². The maximum absolute atomic E-state index is 8.28. The molecule has 0 aromatic rings. The van der Waals surface area contributed by atoms with Gasteiger partial charge in [-0.1, -0.05) is 0 Å². The molecule has 2 heteroatoms. The Bertz CT molecular complexity index is 139. The molecule has 0 bridgehead atoms. The zero-order valence-electron chi connectivity index (χ0n) is 5.35. The Morgan fingerprint density at radius 3 is 2.89 bits per heavy atom. The minimum absolute atomic E-state index is 0.000278. The van der Waals surface area contributed by atoms with E-state index in [1.165, 1.54) is 24.8 Å². The highest BCUT2D eigenvalue weighted by Crippen LogP contribution is 2.23. The predicted molar refractivity (Wildman–Crippen MR) is 35.7 cm³/mol. The second-order valence-corrected chi connectivity index (χ2v) is 2.11. The number of allylic oxidation sites excluding steroid dienone is 1. The summed E-state index contributed by atoms with van der Waals surface area (Å²) in [5.41, 5.74) is 4.40. The highest BCUT2D eigenvalue weighted by Gasteiger charge is 2.05. The van der Waals surface area contributed by atoms with Gasteiger partial charge in [0.05, 0.1) is 0 Å². The monoisotopic (exact) mass is 125 g/mol. The van der Waals surface area contributed by atoms with E-state index in [9.17, 15) is 0 Å². The standard InChI is InChI=1S/C7H11NO/c9-6-8-5-4-7-2-1-3-7/h5,8-9H,1-3,6H2.